The Kier molecular flexibility index (Phi) is 6.85. The van der Waals surface area contributed by atoms with Crippen molar-refractivity contribution in [3.05, 3.63) is 34.9 Å². The second-order valence-corrected chi connectivity index (χ2v) is 7.01. The van der Waals surface area contributed by atoms with Gasteiger partial charge in [0.2, 0.25) is 11.8 Å². The lowest BCUT2D eigenvalue weighted by molar-refractivity contribution is -0.130. The summed E-state index contributed by atoms with van der Waals surface area (Å²) in [6.45, 7) is 7.10. The van der Waals surface area contributed by atoms with Crippen molar-refractivity contribution in [1.29, 1.82) is 0 Å². The summed E-state index contributed by atoms with van der Waals surface area (Å²) in [6.07, 6.45) is 2.38. The van der Waals surface area contributed by atoms with Crippen LogP contribution in [0.25, 0.3) is 0 Å². The molecule has 1 saturated heterocycles. The molecule has 5 nitrogen and oxygen atoms in total. The fraction of sp³-hybridized carbons (Fsp3) is 0.579. The van der Waals surface area contributed by atoms with E-state index in [-0.39, 0.29) is 36.2 Å². The molecule has 0 aromatic heterocycles. The Morgan fingerprint density at radius 3 is 2.88 bits per heavy atom. The lowest BCUT2D eigenvalue weighted by atomic mass is 10.1. The highest BCUT2D eigenvalue weighted by Crippen LogP contribution is 2.22. The summed E-state index contributed by atoms with van der Waals surface area (Å²) in [5, 5.41) is 6.33. The third-order valence-electron chi connectivity index (χ3n) is 5.14. The zero-order chi connectivity index (χ0) is 17.1. The van der Waals surface area contributed by atoms with Crippen molar-refractivity contribution in [3.8, 4) is 0 Å². The number of nitrogens with zero attached hydrogens (tertiary/aromatic N) is 1. The summed E-state index contributed by atoms with van der Waals surface area (Å²) in [5.41, 5.74) is 3.77. The smallest absolute Gasteiger partial charge is 0.225 e. The van der Waals surface area contributed by atoms with E-state index in [0.29, 0.717) is 19.5 Å². The summed E-state index contributed by atoms with van der Waals surface area (Å²) in [6, 6.07) is 6.58. The topological polar surface area (TPSA) is 61.4 Å². The number of carbonyl (C=O) groups excluding carboxylic acids is 2. The highest BCUT2D eigenvalue weighted by atomic mass is 35.5. The van der Waals surface area contributed by atoms with Crippen LogP contribution in [0, 0.1) is 5.92 Å². The highest BCUT2D eigenvalue weighted by molar-refractivity contribution is 5.89. The lowest BCUT2D eigenvalue weighted by Gasteiger charge is -2.24. The van der Waals surface area contributed by atoms with E-state index in [1.165, 1.54) is 11.1 Å². The fourth-order valence-electron chi connectivity index (χ4n) is 3.70. The quantitative estimate of drug-likeness (QED) is 0.813. The van der Waals surface area contributed by atoms with E-state index in [1.807, 2.05) is 4.90 Å². The van der Waals surface area contributed by atoms with Crippen LogP contribution in [-0.2, 0) is 29.2 Å². The number of fused-ring (bicyclic) bond motifs is 1. The molecular formula is C19H28ClN3O2. The maximum absolute atomic E-state index is 12.4. The van der Waals surface area contributed by atoms with E-state index in [9.17, 15) is 9.59 Å². The molecule has 3 rings (SSSR count). The zero-order valence-electron chi connectivity index (χ0n) is 15.0. The molecule has 0 saturated carbocycles. The first-order chi connectivity index (χ1) is 11.6. The average Bonchev–Trinajstić information content (AvgIpc) is 3.18. The van der Waals surface area contributed by atoms with Gasteiger partial charge < -0.3 is 15.5 Å². The van der Waals surface area contributed by atoms with Gasteiger partial charge in [0.05, 0.1) is 5.92 Å². The Bertz CT molecular complexity index is 635. The number of halogens is 1. The molecule has 0 radical (unpaired) electrons. The molecular weight excluding hydrogens is 338 g/mol. The Labute approximate surface area is 155 Å². The van der Waals surface area contributed by atoms with Crippen molar-refractivity contribution in [2.24, 2.45) is 5.92 Å². The Morgan fingerprint density at radius 1 is 1.36 bits per heavy atom. The minimum atomic E-state index is -0.215. The summed E-state index contributed by atoms with van der Waals surface area (Å²) in [4.78, 5) is 26.4. The van der Waals surface area contributed by atoms with Gasteiger partial charge in [-0.2, -0.15) is 0 Å². The molecule has 25 heavy (non-hydrogen) atoms. The number of amides is 2. The van der Waals surface area contributed by atoms with Gasteiger partial charge in [-0.15, -0.1) is 12.4 Å². The number of likely N-dealkylation sites (tertiary alicyclic amines) is 1. The molecule has 1 aromatic carbocycles. The van der Waals surface area contributed by atoms with Crippen LogP contribution in [0.1, 0.15) is 49.8 Å². The van der Waals surface area contributed by atoms with E-state index >= 15 is 0 Å². The minimum Gasteiger partial charge on any atom is -0.352 e. The standard InChI is InChI=1S/C19H27N3O2.ClH/c1-3-4-13(2)22-12-17(8-18(22)23)19(24)21-9-14-5-6-15-10-20-11-16(15)7-14;/h5-7,13,17,20H,3-4,8-12H2,1-2H3,(H,21,24);1H. The molecule has 1 aromatic rings. The van der Waals surface area contributed by atoms with Crippen molar-refractivity contribution >= 4 is 24.2 Å². The molecule has 6 heteroatoms. The summed E-state index contributed by atoms with van der Waals surface area (Å²) >= 11 is 0. The molecule has 2 unspecified atom stereocenters. The minimum absolute atomic E-state index is 0. The van der Waals surface area contributed by atoms with Crippen LogP contribution in [0.4, 0.5) is 0 Å². The van der Waals surface area contributed by atoms with Gasteiger partial charge in [-0.1, -0.05) is 31.5 Å². The van der Waals surface area contributed by atoms with Crippen molar-refractivity contribution < 1.29 is 9.59 Å². The average molecular weight is 366 g/mol. The van der Waals surface area contributed by atoms with E-state index in [1.54, 1.807) is 0 Å². The van der Waals surface area contributed by atoms with Crippen LogP contribution in [0.15, 0.2) is 18.2 Å². The number of hydrogen-bond donors (Lipinski definition) is 2. The van der Waals surface area contributed by atoms with Gasteiger partial charge in [-0.05, 0) is 30.0 Å². The van der Waals surface area contributed by atoms with Gasteiger partial charge in [0.25, 0.3) is 0 Å². The Morgan fingerprint density at radius 2 is 2.12 bits per heavy atom. The van der Waals surface area contributed by atoms with Crippen LogP contribution in [0.2, 0.25) is 0 Å². The molecule has 1 fully saturated rings. The monoisotopic (exact) mass is 365 g/mol. The molecule has 0 spiro atoms. The van der Waals surface area contributed by atoms with Crippen molar-refractivity contribution in [2.45, 2.75) is 58.8 Å². The Balaban J connectivity index is 0.00000225. The van der Waals surface area contributed by atoms with Crippen LogP contribution < -0.4 is 10.6 Å². The third-order valence-corrected chi connectivity index (χ3v) is 5.14. The first-order valence-corrected chi connectivity index (χ1v) is 8.97. The maximum Gasteiger partial charge on any atom is 0.225 e. The zero-order valence-corrected chi connectivity index (χ0v) is 15.8. The highest BCUT2D eigenvalue weighted by Gasteiger charge is 2.36. The molecule has 2 aliphatic rings. The van der Waals surface area contributed by atoms with Crippen LogP contribution >= 0.6 is 12.4 Å². The van der Waals surface area contributed by atoms with E-state index in [0.717, 1.165) is 31.5 Å². The number of rotatable bonds is 6. The predicted molar refractivity (Wildman–Crippen MR) is 100 cm³/mol. The van der Waals surface area contributed by atoms with Gasteiger partial charge in [0.1, 0.15) is 0 Å². The molecule has 2 atom stereocenters. The van der Waals surface area contributed by atoms with Crippen molar-refractivity contribution in [1.82, 2.24) is 15.5 Å². The molecule has 138 valence electrons. The second kappa shape index (κ2) is 8.68. The Hall–Kier alpha value is -1.59. The number of benzene rings is 1. The number of nitrogens with one attached hydrogen (secondary N) is 2. The lowest BCUT2D eigenvalue weighted by Crippen LogP contribution is -2.36. The molecule has 0 bridgehead atoms. The van der Waals surface area contributed by atoms with Gasteiger partial charge in [0, 0.05) is 38.6 Å². The van der Waals surface area contributed by atoms with Crippen LogP contribution in [0.5, 0.6) is 0 Å². The molecule has 2 aliphatic heterocycles. The summed E-state index contributed by atoms with van der Waals surface area (Å²) in [7, 11) is 0. The largest absolute Gasteiger partial charge is 0.352 e. The first kappa shape index (κ1) is 19.7. The van der Waals surface area contributed by atoms with Crippen LogP contribution in [-0.4, -0.2) is 29.3 Å². The van der Waals surface area contributed by atoms with Gasteiger partial charge in [0.15, 0.2) is 0 Å². The molecule has 2 N–H and O–H groups in total. The number of carbonyl (C=O) groups is 2. The third kappa shape index (κ3) is 4.53. The van der Waals surface area contributed by atoms with E-state index < -0.39 is 0 Å². The van der Waals surface area contributed by atoms with Gasteiger partial charge in [-0.3, -0.25) is 9.59 Å². The van der Waals surface area contributed by atoms with E-state index in [4.69, 9.17) is 0 Å². The maximum atomic E-state index is 12.4. The second-order valence-electron chi connectivity index (χ2n) is 7.01. The molecule has 2 amide bonds. The summed E-state index contributed by atoms with van der Waals surface area (Å²) < 4.78 is 0. The fourth-order valence-corrected chi connectivity index (χ4v) is 3.70. The summed E-state index contributed by atoms with van der Waals surface area (Å²) in [5.74, 6) is -0.110. The first-order valence-electron chi connectivity index (χ1n) is 8.97. The molecule has 2 heterocycles. The van der Waals surface area contributed by atoms with Gasteiger partial charge in [-0.25, -0.2) is 0 Å². The van der Waals surface area contributed by atoms with E-state index in [2.05, 4.69) is 42.7 Å². The van der Waals surface area contributed by atoms with Gasteiger partial charge >= 0.3 is 0 Å². The van der Waals surface area contributed by atoms with Crippen LogP contribution in [0.3, 0.4) is 0 Å². The SMILES string of the molecule is CCCC(C)N1CC(C(=O)NCc2ccc3c(c2)CNC3)CC1=O.Cl. The molecule has 0 aliphatic carbocycles. The van der Waals surface area contributed by atoms with Crippen molar-refractivity contribution in [2.75, 3.05) is 6.54 Å². The predicted octanol–water partition coefficient (Wildman–Crippen LogP) is 2.36. The van der Waals surface area contributed by atoms with Crippen molar-refractivity contribution in [3.63, 3.8) is 0 Å². The number of hydrogen-bond acceptors (Lipinski definition) is 3. The normalized spacial score (nSPS) is 20.2.